The molecule has 4 N–H and O–H groups in total. The van der Waals surface area contributed by atoms with Crippen LogP contribution in [0.1, 0.15) is 37.0 Å². The van der Waals surface area contributed by atoms with Crippen LogP contribution in [0.2, 0.25) is 0 Å². The number of anilines is 1. The Labute approximate surface area is 174 Å². The Hall–Kier alpha value is -3.23. The lowest BCUT2D eigenvalue weighted by Crippen LogP contribution is -2.29. The highest BCUT2D eigenvalue weighted by Crippen LogP contribution is 2.21. The molecule has 0 aromatic heterocycles. The highest BCUT2D eigenvalue weighted by molar-refractivity contribution is 6.03. The minimum absolute atomic E-state index is 0.124. The first-order valence-corrected chi connectivity index (χ1v) is 9.55. The molecule has 0 fully saturated rings. The topological polar surface area (TPSA) is 125 Å². The zero-order valence-electron chi connectivity index (χ0n) is 16.7. The molecule has 2 unspecified atom stereocenters. The van der Waals surface area contributed by atoms with Gasteiger partial charge in [0.05, 0.1) is 12.5 Å². The summed E-state index contributed by atoms with van der Waals surface area (Å²) in [4.78, 5) is 34.2. The standard InChI is InChI=1S/C22H26N2O6/c1-15(25)13-20(27)24-18-9-7-17(8-10-18)21(28)19(26)11-12-23-22(29)30-14-16-5-3-2-4-6-16/h2-10,19,21,26,28H,11-14H2,1H3,(H,23,29)(H,24,27). The van der Waals surface area contributed by atoms with Gasteiger partial charge in [-0.25, -0.2) is 4.79 Å². The van der Waals surface area contributed by atoms with Gasteiger partial charge in [0.25, 0.3) is 0 Å². The quantitative estimate of drug-likeness (QED) is 0.442. The van der Waals surface area contributed by atoms with Crippen LogP contribution < -0.4 is 10.6 Å². The number of rotatable bonds is 10. The molecule has 2 rings (SSSR count). The summed E-state index contributed by atoms with van der Waals surface area (Å²) in [5.41, 5.74) is 1.80. The molecule has 8 nitrogen and oxygen atoms in total. The molecule has 0 bridgehead atoms. The Morgan fingerprint density at radius 1 is 1.00 bits per heavy atom. The third kappa shape index (κ3) is 8.02. The summed E-state index contributed by atoms with van der Waals surface area (Å²) in [6.07, 6.45) is -2.94. The number of aliphatic hydroxyl groups excluding tert-OH is 2. The van der Waals surface area contributed by atoms with E-state index in [4.69, 9.17) is 4.74 Å². The minimum atomic E-state index is -1.16. The number of amides is 2. The van der Waals surface area contributed by atoms with Crippen LogP contribution in [-0.2, 0) is 20.9 Å². The van der Waals surface area contributed by atoms with E-state index in [0.29, 0.717) is 11.3 Å². The molecule has 30 heavy (non-hydrogen) atoms. The number of Topliss-reactive ketones (excluding diaryl/α,β-unsaturated/α-hetero) is 1. The van der Waals surface area contributed by atoms with Crippen molar-refractivity contribution in [1.29, 1.82) is 0 Å². The molecule has 2 aromatic rings. The van der Waals surface area contributed by atoms with Crippen molar-refractivity contribution in [2.75, 3.05) is 11.9 Å². The fourth-order valence-electron chi connectivity index (χ4n) is 2.67. The Morgan fingerprint density at radius 3 is 2.30 bits per heavy atom. The van der Waals surface area contributed by atoms with E-state index in [2.05, 4.69) is 10.6 Å². The molecule has 0 aliphatic heterocycles. The maximum absolute atomic E-state index is 11.7. The molecule has 0 aliphatic rings. The number of aliphatic hydroxyl groups is 2. The summed E-state index contributed by atoms with van der Waals surface area (Å²) in [5, 5.41) is 25.5. The van der Waals surface area contributed by atoms with E-state index in [1.807, 2.05) is 30.3 Å². The highest BCUT2D eigenvalue weighted by atomic mass is 16.5. The zero-order chi connectivity index (χ0) is 21.9. The average molecular weight is 414 g/mol. The second-order valence-corrected chi connectivity index (χ2v) is 6.84. The SMILES string of the molecule is CC(=O)CC(=O)Nc1ccc(C(O)C(O)CCNC(=O)OCc2ccccc2)cc1. The Bertz CT molecular complexity index is 838. The monoisotopic (exact) mass is 414 g/mol. The summed E-state index contributed by atoms with van der Waals surface area (Å²) < 4.78 is 5.07. The van der Waals surface area contributed by atoms with E-state index in [-0.39, 0.29) is 31.8 Å². The van der Waals surface area contributed by atoms with E-state index in [1.54, 1.807) is 24.3 Å². The fourth-order valence-corrected chi connectivity index (χ4v) is 2.67. The van der Waals surface area contributed by atoms with Gasteiger partial charge in [-0.1, -0.05) is 42.5 Å². The van der Waals surface area contributed by atoms with Crippen LogP contribution in [0, 0.1) is 0 Å². The Morgan fingerprint density at radius 2 is 1.67 bits per heavy atom. The van der Waals surface area contributed by atoms with Gasteiger partial charge < -0.3 is 25.6 Å². The molecule has 2 amide bonds. The van der Waals surface area contributed by atoms with E-state index in [0.717, 1.165) is 5.56 Å². The summed E-state index contributed by atoms with van der Waals surface area (Å²) in [7, 11) is 0. The summed E-state index contributed by atoms with van der Waals surface area (Å²) in [6.45, 7) is 1.61. The maximum Gasteiger partial charge on any atom is 0.407 e. The molecule has 160 valence electrons. The normalized spacial score (nSPS) is 12.5. The molecule has 2 atom stereocenters. The van der Waals surface area contributed by atoms with Crippen molar-refractivity contribution >= 4 is 23.5 Å². The van der Waals surface area contributed by atoms with Gasteiger partial charge in [-0.05, 0) is 36.6 Å². The number of ketones is 1. The third-order valence-electron chi connectivity index (χ3n) is 4.23. The van der Waals surface area contributed by atoms with E-state index < -0.39 is 24.2 Å². The fraction of sp³-hybridized carbons (Fsp3) is 0.318. The molecule has 0 aliphatic carbocycles. The third-order valence-corrected chi connectivity index (χ3v) is 4.23. The van der Waals surface area contributed by atoms with Crippen LogP contribution in [0.25, 0.3) is 0 Å². The second-order valence-electron chi connectivity index (χ2n) is 6.84. The number of hydrogen-bond acceptors (Lipinski definition) is 6. The number of alkyl carbamates (subject to hydrolysis) is 1. The van der Waals surface area contributed by atoms with Crippen molar-refractivity contribution in [3.63, 3.8) is 0 Å². The minimum Gasteiger partial charge on any atom is -0.445 e. The van der Waals surface area contributed by atoms with Gasteiger partial charge in [0.2, 0.25) is 5.91 Å². The number of carbonyl (C=O) groups is 3. The van der Waals surface area contributed by atoms with Gasteiger partial charge in [0, 0.05) is 12.2 Å². The molecule has 0 saturated carbocycles. The van der Waals surface area contributed by atoms with Crippen molar-refractivity contribution < 1.29 is 29.3 Å². The van der Waals surface area contributed by atoms with Gasteiger partial charge in [0.1, 0.15) is 18.5 Å². The lowest BCUT2D eigenvalue weighted by atomic mass is 10.0. The molecule has 0 heterocycles. The van der Waals surface area contributed by atoms with Crippen molar-refractivity contribution in [1.82, 2.24) is 5.32 Å². The number of ether oxygens (including phenoxy) is 1. The van der Waals surface area contributed by atoms with Crippen LogP contribution in [0.3, 0.4) is 0 Å². The Balaban J connectivity index is 1.73. The second kappa shape index (κ2) is 11.7. The number of hydrogen-bond donors (Lipinski definition) is 4. The lowest BCUT2D eigenvalue weighted by Gasteiger charge is -2.18. The van der Waals surface area contributed by atoms with Crippen LogP contribution in [-0.4, -0.2) is 40.6 Å². The molecule has 0 radical (unpaired) electrons. The van der Waals surface area contributed by atoms with E-state index in [9.17, 15) is 24.6 Å². The van der Waals surface area contributed by atoms with E-state index >= 15 is 0 Å². The van der Waals surface area contributed by atoms with Crippen molar-refractivity contribution in [2.24, 2.45) is 0 Å². The molecule has 0 saturated heterocycles. The van der Waals surface area contributed by atoms with Crippen molar-refractivity contribution in [2.45, 2.75) is 38.6 Å². The van der Waals surface area contributed by atoms with Crippen LogP contribution in [0.4, 0.5) is 10.5 Å². The lowest BCUT2D eigenvalue weighted by molar-refractivity contribution is -0.124. The predicted molar refractivity (Wildman–Crippen MR) is 111 cm³/mol. The highest BCUT2D eigenvalue weighted by Gasteiger charge is 2.18. The molecule has 0 spiro atoms. The summed E-state index contributed by atoms with van der Waals surface area (Å²) in [5.74, 6) is -0.652. The molecule has 2 aromatic carbocycles. The van der Waals surface area contributed by atoms with Crippen LogP contribution in [0.15, 0.2) is 54.6 Å². The Kier molecular flexibility index (Phi) is 8.99. The summed E-state index contributed by atoms with van der Waals surface area (Å²) in [6, 6.07) is 15.5. The van der Waals surface area contributed by atoms with Gasteiger partial charge in [0.15, 0.2) is 0 Å². The smallest absolute Gasteiger partial charge is 0.407 e. The van der Waals surface area contributed by atoms with Crippen LogP contribution >= 0.6 is 0 Å². The first kappa shape index (κ1) is 23.1. The first-order chi connectivity index (χ1) is 14.3. The predicted octanol–water partition coefficient (Wildman–Crippen LogP) is 2.32. The van der Waals surface area contributed by atoms with E-state index in [1.165, 1.54) is 6.92 Å². The average Bonchev–Trinajstić information content (AvgIpc) is 2.72. The van der Waals surface area contributed by atoms with Gasteiger partial charge >= 0.3 is 6.09 Å². The van der Waals surface area contributed by atoms with Crippen molar-refractivity contribution in [3.05, 3.63) is 65.7 Å². The van der Waals surface area contributed by atoms with Gasteiger partial charge in [-0.3, -0.25) is 9.59 Å². The maximum atomic E-state index is 11.7. The van der Waals surface area contributed by atoms with Gasteiger partial charge in [-0.2, -0.15) is 0 Å². The van der Waals surface area contributed by atoms with Crippen LogP contribution in [0.5, 0.6) is 0 Å². The molecular formula is C22H26N2O6. The number of carbonyl (C=O) groups excluding carboxylic acids is 3. The zero-order valence-corrected chi connectivity index (χ0v) is 16.7. The largest absolute Gasteiger partial charge is 0.445 e. The number of benzene rings is 2. The first-order valence-electron chi connectivity index (χ1n) is 9.55. The van der Waals surface area contributed by atoms with Crippen molar-refractivity contribution in [3.8, 4) is 0 Å². The molecule has 8 heteroatoms. The van der Waals surface area contributed by atoms with Gasteiger partial charge in [-0.15, -0.1) is 0 Å². The summed E-state index contributed by atoms with van der Waals surface area (Å²) >= 11 is 0. The number of nitrogens with one attached hydrogen (secondary N) is 2. The molecular weight excluding hydrogens is 388 g/mol.